The molecule has 98 valence electrons. The summed E-state index contributed by atoms with van der Waals surface area (Å²) in [6.07, 6.45) is 3.67. The molecule has 0 aliphatic carbocycles. The van der Waals surface area contributed by atoms with Crippen LogP contribution in [-0.4, -0.2) is 48.9 Å². The van der Waals surface area contributed by atoms with E-state index in [1.165, 1.54) is 38.9 Å². The Morgan fingerprint density at radius 1 is 1.41 bits per heavy atom. The van der Waals surface area contributed by atoms with E-state index < -0.39 is 0 Å². The van der Waals surface area contributed by atoms with E-state index in [0.29, 0.717) is 11.5 Å². The van der Waals surface area contributed by atoms with E-state index in [0.717, 1.165) is 6.54 Å². The molecule has 17 heavy (non-hydrogen) atoms. The summed E-state index contributed by atoms with van der Waals surface area (Å²) in [5.74, 6) is 0.748. The maximum absolute atomic E-state index is 11.7. The molecule has 0 atom stereocenters. The quantitative estimate of drug-likeness (QED) is 0.685. The first-order valence-electron chi connectivity index (χ1n) is 6.68. The summed E-state index contributed by atoms with van der Waals surface area (Å²) in [5.41, 5.74) is 0.635. The van der Waals surface area contributed by atoms with Crippen molar-refractivity contribution in [1.29, 1.82) is 0 Å². The predicted octanol–water partition coefficient (Wildman–Crippen LogP) is 2.14. The highest BCUT2D eigenvalue weighted by atomic mass is 16.2. The van der Waals surface area contributed by atoms with Crippen molar-refractivity contribution >= 4 is 5.91 Å². The highest BCUT2D eigenvalue weighted by molar-refractivity contribution is 5.91. The molecule has 1 fully saturated rings. The Balaban J connectivity index is 2.30. The lowest BCUT2D eigenvalue weighted by atomic mass is 9.96. The molecule has 0 aromatic carbocycles. The standard InChI is InChI=1S/C14H26N2O/c1-5-8-16-9-6-13(7-10-16)11-15(4)14(17)12(2)3/h13H,2,5-11H2,1,3-4H3. The molecule has 0 saturated carbocycles. The van der Waals surface area contributed by atoms with Crippen molar-refractivity contribution in [2.45, 2.75) is 33.1 Å². The van der Waals surface area contributed by atoms with Crippen molar-refractivity contribution in [3.63, 3.8) is 0 Å². The maximum atomic E-state index is 11.7. The van der Waals surface area contributed by atoms with Crippen LogP contribution in [0.25, 0.3) is 0 Å². The SMILES string of the molecule is C=C(C)C(=O)N(C)CC1CCN(CCC)CC1. The molecule has 0 spiro atoms. The van der Waals surface area contributed by atoms with Crippen LogP contribution in [0.15, 0.2) is 12.2 Å². The molecule has 1 rings (SSSR count). The molecule has 0 aromatic rings. The van der Waals surface area contributed by atoms with Gasteiger partial charge in [-0.15, -0.1) is 0 Å². The average Bonchev–Trinajstić information content (AvgIpc) is 2.30. The van der Waals surface area contributed by atoms with E-state index in [-0.39, 0.29) is 5.91 Å². The molecule has 0 bridgehead atoms. The fourth-order valence-corrected chi connectivity index (χ4v) is 2.50. The molecular weight excluding hydrogens is 212 g/mol. The van der Waals surface area contributed by atoms with Gasteiger partial charge in [-0.1, -0.05) is 13.5 Å². The molecule has 0 radical (unpaired) electrons. The van der Waals surface area contributed by atoms with Gasteiger partial charge in [0, 0.05) is 19.2 Å². The van der Waals surface area contributed by atoms with Crippen LogP contribution in [0.4, 0.5) is 0 Å². The van der Waals surface area contributed by atoms with Gasteiger partial charge < -0.3 is 9.80 Å². The molecular formula is C14H26N2O. The molecule has 0 N–H and O–H groups in total. The minimum absolute atomic E-state index is 0.0842. The van der Waals surface area contributed by atoms with Crippen molar-refractivity contribution in [3.8, 4) is 0 Å². The Kier molecular flexibility index (Phi) is 5.69. The zero-order chi connectivity index (χ0) is 12.8. The second-order valence-electron chi connectivity index (χ2n) is 5.25. The van der Waals surface area contributed by atoms with Gasteiger partial charge in [0.05, 0.1) is 0 Å². The lowest BCUT2D eigenvalue weighted by Crippen LogP contribution is -2.39. The monoisotopic (exact) mass is 238 g/mol. The van der Waals surface area contributed by atoms with Gasteiger partial charge in [0.25, 0.3) is 0 Å². The van der Waals surface area contributed by atoms with E-state index in [1.54, 1.807) is 6.92 Å². The third kappa shape index (κ3) is 4.50. The van der Waals surface area contributed by atoms with Gasteiger partial charge in [0.1, 0.15) is 0 Å². The van der Waals surface area contributed by atoms with Crippen LogP contribution in [0.3, 0.4) is 0 Å². The number of rotatable bonds is 5. The van der Waals surface area contributed by atoms with Crippen LogP contribution in [0.2, 0.25) is 0 Å². The number of likely N-dealkylation sites (tertiary alicyclic amines) is 1. The lowest BCUT2D eigenvalue weighted by Gasteiger charge is -2.33. The van der Waals surface area contributed by atoms with Crippen molar-refractivity contribution in [2.24, 2.45) is 5.92 Å². The Hall–Kier alpha value is -0.830. The number of likely N-dealkylation sites (N-methyl/N-ethyl adjacent to an activating group) is 1. The van der Waals surface area contributed by atoms with Crippen LogP contribution in [0.1, 0.15) is 33.1 Å². The zero-order valence-corrected chi connectivity index (χ0v) is 11.5. The summed E-state index contributed by atoms with van der Waals surface area (Å²) in [5, 5.41) is 0. The van der Waals surface area contributed by atoms with Gasteiger partial charge >= 0.3 is 0 Å². The fourth-order valence-electron chi connectivity index (χ4n) is 2.50. The van der Waals surface area contributed by atoms with Crippen LogP contribution in [0.5, 0.6) is 0 Å². The first-order valence-corrected chi connectivity index (χ1v) is 6.68. The fraction of sp³-hybridized carbons (Fsp3) is 0.786. The number of nitrogens with zero attached hydrogens (tertiary/aromatic N) is 2. The van der Waals surface area contributed by atoms with Crippen molar-refractivity contribution in [3.05, 3.63) is 12.2 Å². The first-order chi connectivity index (χ1) is 8.04. The number of piperidine rings is 1. The minimum atomic E-state index is 0.0842. The second kappa shape index (κ2) is 6.80. The van der Waals surface area contributed by atoms with E-state index in [1.807, 2.05) is 11.9 Å². The van der Waals surface area contributed by atoms with E-state index in [2.05, 4.69) is 18.4 Å². The minimum Gasteiger partial charge on any atom is -0.342 e. The second-order valence-corrected chi connectivity index (χ2v) is 5.25. The third-order valence-corrected chi connectivity index (χ3v) is 3.49. The molecule has 3 nitrogen and oxygen atoms in total. The van der Waals surface area contributed by atoms with Crippen molar-refractivity contribution in [2.75, 3.05) is 33.2 Å². The lowest BCUT2D eigenvalue weighted by molar-refractivity contribution is -0.126. The zero-order valence-electron chi connectivity index (χ0n) is 11.5. The highest BCUT2D eigenvalue weighted by Crippen LogP contribution is 2.18. The average molecular weight is 238 g/mol. The van der Waals surface area contributed by atoms with Crippen LogP contribution >= 0.6 is 0 Å². The molecule has 1 amide bonds. The Bertz CT molecular complexity index is 267. The molecule has 1 heterocycles. The topological polar surface area (TPSA) is 23.6 Å². The van der Waals surface area contributed by atoms with Crippen molar-refractivity contribution in [1.82, 2.24) is 9.80 Å². The number of amides is 1. The van der Waals surface area contributed by atoms with E-state index in [4.69, 9.17) is 0 Å². The molecule has 0 unspecified atom stereocenters. The van der Waals surface area contributed by atoms with Crippen LogP contribution in [0, 0.1) is 5.92 Å². The molecule has 1 aliphatic rings. The smallest absolute Gasteiger partial charge is 0.248 e. The molecule has 1 aliphatic heterocycles. The normalized spacial score (nSPS) is 18.1. The maximum Gasteiger partial charge on any atom is 0.248 e. The Morgan fingerprint density at radius 2 is 2.00 bits per heavy atom. The van der Waals surface area contributed by atoms with Crippen molar-refractivity contribution < 1.29 is 4.79 Å². The summed E-state index contributed by atoms with van der Waals surface area (Å²) >= 11 is 0. The summed E-state index contributed by atoms with van der Waals surface area (Å²) in [6, 6.07) is 0. The number of carbonyl (C=O) groups excluding carboxylic acids is 1. The first kappa shape index (κ1) is 14.2. The Labute approximate surface area is 105 Å². The van der Waals surface area contributed by atoms with Gasteiger partial charge in [-0.3, -0.25) is 4.79 Å². The summed E-state index contributed by atoms with van der Waals surface area (Å²) in [6.45, 7) is 12.2. The largest absolute Gasteiger partial charge is 0.342 e. The van der Waals surface area contributed by atoms with Gasteiger partial charge in [0.2, 0.25) is 5.91 Å². The molecule has 3 heteroatoms. The van der Waals surface area contributed by atoms with Gasteiger partial charge in [-0.2, -0.15) is 0 Å². The number of hydrogen-bond donors (Lipinski definition) is 0. The summed E-state index contributed by atoms with van der Waals surface area (Å²) in [7, 11) is 1.88. The molecule has 0 aromatic heterocycles. The molecule has 1 saturated heterocycles. The van der Waals surface area contributed by atoms with E-state index in [9.17, 15) is 4.79 Å². The third-order valence-electron chi connectivity index (χ3n) is 3.49. The number of carbonyl (C=O) groups is 1. The number of hydrogen-bond acceptors (Lipinski definition) is 2. The summed E-state index contributed by atoms with van der Waals surface area (Å²) < 4.78 is 0. The highest BCUT2D eigenvalue weighted by Gasteiger charge is 2.21. The summed E-state index contributed by atoms with van der Waals surface area (Å²) in [4.78, 5) is 16.0. The van der Waals surface area contributed by atoms with E-state index >= 15 is 0 Å². The van der Waals surface area contributed by atoms with Gasteiger partial charge in [0.15, 0.2) is 0 Å². The van der Waals surface area contributed by atoms with Crippen LogP contribution in [-0.2, 0) is 4.79 Å². The van der Waals surface area contributed by atoms with Gasteiger partial charge in [-0.05, 0) is 51.7 Å². The van der Waals surface area contributed by atoms with Gasteiger partial charge in [-0.25, -0.2) is 0 Å². The predicted molar refractivity (Wildman–Crippen MR) is 71.9 cm³/mol. The Morgan fingerprint density at radius 3 is 2.47 bits per heavy atom. The van der Waals surface area contributed by atoms with Crippen LogP contribution < -0.4 is 0 Å².